The van der Waals surface area contributed by atoms with E-state index in [0.717, 1.165) is 5.56 Å². The van der Waals surface area contributed by atoms with Gasteiger partial charge in [0.05, 0.1) is 5.54 Å². The van der Waals surface area contributed by atoms with Gasteiger partial charge in [0.1, 0.15) is 19.0 Å². The second-order valence-corrected chi connectivity index (χ2v) is 6.71. The van der Waals surface area contributed by atoms with Gasteiger partial charge in [-0.3, -0.25) is 9.59 Å². The van der Waals surface area contributed by atoms with Gasteiger partial charge in [-0.15, -0.1) is 0 Å². The zero-order valence-electron chi connectivity index (χ0n) is 15.3. The number of ether oxygens (including phenoxy) is 3. The number of amides is 2. The van der Waals surface area contributed by atoms with Gasteiger partial charge in [0, 0.05) is 5.56 Å². The molecule has 1 aliphatic rings. The molecule has 3 rings (SSSR count). The fraction of sp³-hybridized carbons (Fsp3) is 0.300. The highest BCUT2D eigenvalue weighted by atomic mass is 16.6. The summed E-state index contributed by atoms with van der Waals surface area (Å²) in [6, 6.07) is 12.0. The molecule has 7 heteroatoms. The lowest BCUT2D eigenvalue weighted by molar-refractivity contribution is -0.124. The van der Waals surface area contributed by atoms with Gasteiger partial charge >= 0.3 is 0 Å². The lowest BCUT2D eigenvalue weighted by Crippen LogP contribution is -2.43. The number of carbonyl (C=O) groups is 2. The van der Waals surface area contributed by atoms with Crippen LogP contribution >= 0.6 is 0 Å². The van der Waals surface area contributed by atoms with E-state index >= 15 is 0 Å². The Bertz CT molecular complexity index is 863. The first-order valence-corrected chi connectivity index (χ1v) is 8.59. The van der Waals surface area contributed by atoms with Crippen LogP contribution in [0.2, 0.25) is 0 Å². The lowest BCUT2D eigenvalue weighted by Gasteiger charge is -2.28. The number of hydrogen-bond acceptors (Lipinski definition) is 5. The highest BCUT2D eigenvalue weighted by molar-refractivity contribution is 5.93. The number of nitrogens with two attached hydrogens (primary N) is 1. The average Bonchev–Trinajstić information content (AvgIpc) is 2.66. The maximum atomic E-state index is 12.3. The van der Waals surface area contributed by atoms with Gasteiger partial charge in [-0.2, -0.15) is 0 Å². The molecule has 3 N–H and O–H groups in total. The number of nitrogens with one attached hydrogen (secondary N) is 1. The Balaban J connectivity index is 1.62. The molecule has 0 fully saturated rings. The first-order valence-electron chi connectivity index (χ1n) is 8.59. The van der Waals surface area contributed by atoms with Crippen LogP contribution in [0.5, 0.6) is 17.2 Å². The number of primary amides is 1. The Morgan fingerprint density at radius 3 is 2.59 bits per heavy atom. The van der Waals surface area contributed by atoms with Gasteiger partial charge < -0.3 is 25.3 Å². The molecule has 7 nitrogen and oxygen atoms in total. The fourth-order valence-corrected chi connectivity index (χ4v) is 2.78. The number of rotatable bonds is 6. The summed E-state index contributed by atoms with van der Waals surface area (Å²) in [6.07, 6.45) is 0. The minimum Gasteiger partial charge on any atom is -0.486 e. The molecule has 0 radical (unpaired) electrons. The first kappa shape index (κ1) is 18.6. The molecule has 27 heavy (non-hydrogen) atoms. The summed E-state index contributed by atoms with van der Waals surface area (Å²) in [5, 5.41) is 2.94. The Labute approximate surface area is 157 Å². The molecule has 0 atom stereocenters. The zero-order chi connectivity index (χ0) is 19.4. The van der Waals surface area contributed by atoms with E-state index in [2.05, 4.69) is 5.32 Å². The molecular formula is C20H22N2O5. The Kier molecular flexibility index (Phi) is 5.21. The van der Waals surface area contributed by atoms with Gasteiger partial charge in [-0.25, -0.2) is 0 Å². The zero-order valence-corrected chi connectivity index (χ0v) is 15.3. The third-order valence-corrected chi connectivity index (χ3v) is 4.20. The van der Waals surface area contributed by atoms with Crippen molar-refractivity contribution in [1.82, 2.24) is 5.32 Å². The minimum atomic E-state index is -0.634. The van der Waals surface area contributed by atoms with Crippen LogP contribution in [0.4, 0.5) is 0 Å². The number of benzene rings is 2. The number of carbonyl (C=O) groups excluding carboxylic acids is 2. The molecule has 2 aromatic rings. The van der Waals surface area contributed by atoms with Crippen LogP contribution in [0.15, 0.2) is 42.5 Å². The molecule has 0 spiro atoms. The van der Waals surface area contributed by atoms with Gasteiger partial charge in [0.15, 0.2) is 18.1 Å². The Morgan fingerprint density at radius 2 is 1.85 bits per heavy atom. The van der Waals surface area contributed by atoms with E-state index in [1.807, 2.05) is 32.0 Å². The summed E-state index contributed by atoms with van der Waals surface area (Å²) in [5.74, 6) is 0.924. The van der Waals surface area contributed by atoms with Crippen molar-refractivity contribution in [1.29, 1.82) is 0 Å². The topological polar surface area (TPSA) is 99.9 Å². The lowest BCUT2D eigenvalue weighted by atomic mass is 9.93. The number of hydrogen-bond donors (Lipinski definition) is 2. The molecule has 0 unspecified atom stereocenters. The monoisotopic (exact) mass is 370 g/mol. The molecule has 1 heterocycles. The summed E-state index contributed by atoms with van der Waals surface area (Å²) in [5.41, 5.74) is 5.82. The molecule has 1 aliphatic heterocycles. The van der Waals surface area contributed by atoms with Crippen molar-refractivity contribution in [2.24, 2.45) is 5.73 Å². The summed E-state index contributed by atoms with van der Waals surface area (Å²) < 4.78 is 16.6. The molecule has 2 aromatic carbocycles. The predicted octanol–water partition coefficient (Wildman–Crippen LogP) is 1.99. The van der Waals surface area contributed by atoms with Crippen molar-refractivity contribution in [3.8, 4) is 17.2 Å². The third-order valence-electron chi connectivity index (χ3n) is 4.20. The smallest absolute Gasteiger partial charge is 0.258 e. The quantitative estimate of drug-likeness (QED) is 0.810. The summed E-state index contributed by atoms with van der Waals surface area (Å²) in [6.45, 7) is 4.63. The molecule has 0 aromatic heterocycles. The predicted molar refractivity (Wildman–Crippen MR) is 99.1 cm³/mol. The van der Waals surface area contributed by atoms with Gasteiger partial charge in [0.2, 0.25) is 5.91 Å². The summed E-state index contributed by atoms with van der Waals surface area (Å²) >= 11 is 0. The third kappa shape index (κ3) is 4.49. The summed E-state index contributed by atoms with van der Waals surface area (Å²) in [4.78, 5) is 23.5. The van der Waals surface area contributed by atoms with Crippen LogP contribution in [-0.2, 0) is 10.3 Å². The highest BCUT2D eigenvalue weighted by Crippen LogP contribution is 2.34. The van der Waals surface area contributed by atoms with E-state index in [-0.39, 0.29) is 12.5 Å². The van der Waals surface area contributed by atoms with Crippen molar-refractivity contribution >= 4 is 11.8 Å². The van der Waals surface area contributed by atoms with E-state index in [1.165, 1.54) is 6.07 Å². The Hall–Kier alpha value is -3.22. The SMILES string of the molecule is CC(C)(NC(=O)COc1cccc(C(N)=O)c1)c1ccc2c(c1)OCCO2. The van der Waals surface area contributed by atoms with Crippen LogP contribution in [0.3, 0.4) is 0 Å². The first-order chi connectivity index (χ1) is 12.8. The van der Waals surface area contributed by atoms with Crippen LogP contribution in [0.1, 0.15) is 29.8 Å². The van der Waals surface area contributed by atoms with E-state index in [1.54, 1.807) is 18.2 Å². The Morgan fingerprint density at radius 1 is 1.11 bits per heavy atom. The molecule has 0 saturated heterocycles. The molecular weight excluding hydrogens is 348 g/mol. The van der Waals surface area contributed by atoms with E-state index in [0.29, 0.717) is 36.0 Å². The van der Waals surface area contributed by atoms with Crippen molar-refractivity contribution in [3.05, 3.63) is 53.6 Å². The molecule has 0 bridgehead atoms. The molecule has 142 valence electrons. The van der Waals surface area contributed by atoms with Gasteiger partial charge in [0.25, 0.3) is 5.91 Å². The fourth-order valence-electron chi connectivity index (χ4n) is 2.78. The second kappa shape index (κ2) is 7.57. The number of fused-ring (bicyclic) bond motifs is 1. The largest absolute Gasteiger partial charge is 0.486 e. The van der Waals surface area contributed by atoms with Crippen molar-refractivity contribution in [3.63, 3.8) is 0 Å². The van der Waals surface area contributed by atoms with E-state index in [9.17, 15) is 9.59 Å². The van der Waals surface area contributed by atoms with Gasteiger partial charge in [-0.05, 0) is 49.7 Å². The van der Waals surface area contributed by atoms with Crippen LogP contribution < -0.4 is 25.3 Å². The normalized spacial score (nSPS) is 13.0. The molecule has 2 amide bonds. The second-order valence-electron chi connectivity index (χ2n) is 6.71. The molecule has 0 aliphatic carbocycles. The highest BCUT2D eigenvalue weighted by Gasteiger charge is 2.25. The average molecular weight is 370 g/mol. The van der Waals surface area contributed by atoms with Crippen LogP contribution in [-0.4, -0.2) is 31.6 Å². The van der Waals surface area contributed by atoms with Crippen molar-refractivity contribution < 1.29 is 23.8 Å². The summed E-state index contributed by atoms with van der Waals surface area (Å²) in [7, 11) is 0. The van der Waals surface area contributed by atoms with Crippen LogP contribution in [0.25, 0.3) is 0 Å². The maximum Gasteiger partial charge on any atom is 0.258 e. The van der Waals surface area contributed by atoms with Gasteiger partial charge in [-0.1, -0.05) is 12.1 Å². The molecule has 0 saturated carbocycles. The maximum absolute atomic E-state index is 12.3. The minimum absolute atomic E-state index is 0.184. The van der Waals surface area contributed by atoms with E-state index in [4.69, 9.17) is 19.9 Å². The standard InChI is InChI=1S/C20H22N2O5/c1-20(2,14-6-7-16-17(11-14)26-9-8-25-16)22-18(23)12-27-15-5-3-4-13(10-15)19(21)24/h3-7,10-11H,8-9,12H2,1-2H3,(H2,21,24)(H,22,23). The van der Waals surface area contributed by atoms with E-state index < -0.39 is 11.4 Å². The van der Waals surface area contributed by atoms with Crippen LogP contribution in [0, 0.1) is 0 Å². The van der Waals surface area contributed by atoms with Crippen molar-refractivity contribution in [2.45, 2.75) is 19.4 Å². The van der Waals surface area contributed by atoms with Crippen molar-refractivity contribution in [2.75, 3.05) is 19.8 Å².